The normalized spacial score (nSPS) is 11.4. The molecule has 4 aromatic rings. The fourth-order valence-corrected chi connectivity index (χ4v) is 3.00. The van der Waals surface area contributed by atoms with Crippen LogP contribution in [0, 0.1) is 6.92 Å². The minimum Gasteiger partial charge on any atom is -0.507 e. The van der Waals surface area contributed by atoms with Crippen LogP contribution < -0.4 is 5.62 Å². The van der Waals surface area contributed by atoms with Crippen LogP contribution in [0.25, 0.3) is 5.69 Å². The summed E-state index contributed by atoms with van der Waals surface area (Å²) in [6, 6.07) is 24.1. The number of aryl methyl sites for hydroxylation is 1. The number of phenolic OH excluding ortho intramolecular Hbond substituents is 1. The highest BCUT2D eigenvalue weighted by Gasteiger charge is 2.15. The molecule has 0 aliphatic rings. The van der Waals surface area contributed by atoms with Gasteiger partial charge < -0.3 is 5.11 Å². The summed E-state index contributed by atoms with van der Waals surface area (Å²) in [6.07, 6.45) is 3.19. The molecule has 0 aliphatic carbocycles. The molecule has 0 amide bonds. The third kappa shape index (κ3) is 3.99. The number of hydrogen-bond donors (Lipinski definition) is 1. The van der Waals surface area contributed by atoms with Crippen molar-refractivity contribution in [1.29, 1.82) is 0 Å². The molecule has 0 atom stereocenters. The molecule has 29 heavy (non-hydrogen) atoms. The number of benzene rings is 3. The van der Waals surface area contributed by atoms with Gasteiger partial charge in [-0.2, -0.15) is 0 Å². The van der Waals surface area contributed by atoms with E-state index in [1.165, 1.54) is 12.3 Å². The van der Waals surface area contributed by atoms with Gasteiger partial charge in [0, 0.05) is 18.1 Å². The van der Waals surface area contributed by atoms with Crippen molar-refractivity contribution < 1.29 is 9.90 Å². The molecule has 0 unspecified atom stereocenters. The van der Waals surface area contributed by atoms with E-state index in [2.05, 4.69) is 9.98 Å². The number of nitrogens with zero attached hydrogens (tertiary/aromatic N) is 3. The zero-order valence-electron chi connectivity index (χ0n) is 15.9. The van der Waals surface area contributed by atoms with Crippen LogP contribution in [0.5, 0.6) is 5.75 Å². The van der Waals surface area contributed by atoms with Crippen LogP contribution in [0.3, 0.4) is 0 Å². The highest BCUT2D eigenvalue weighted by atomic mass is 16.3. The van der Waals surface area contributed by atoms with Crippen LogP contribution in [0.15, 0.2) is 96.2 Å². The summed E-state index contributed by atoms with van der Waals surface area (Å²) in [5.41, 5.74) is 3.55. The molecular formula is C24H19N3O2. The first-order valence-corrected chi connectivity index (χ1v) is 9.20. The van der Waals surface area contributed by atoms with Gasteiger partial charge in [-0.15, -0.1) is 0 Å². The Labute approximate surface area is 168 Å². The van der Waals surface area contributed by atoms with Gasteiger partial charge in [0.15, 0.2) is 5.78 Å². The van der Waals surface area contributed by atoms with Gasteiger partial charge in [0.2, 0.25) is 5.62 Å². The van der Waals surface area contributed by atoms with Crippen molar-refractivity contribution in [2.24, 2.45) is 4.99 Å². The van der Waals surface area contributed by atoms with Gasteiger partial charge in [0.05, 0.1) is 16.8 Å². The lowest BCUT2D eigenvalue weighted by molar-refractivity contribution is 0.103. The standard InChI is InChI=1S/C24H19N3O2/c1-17-12-13-22(28)21(14-17)23(29)18-15-25-24(26-19-8-4-2-5-9-19)27(16-18)20-10-6-3-7-11-20/h2-16,28H,1H3. The maximum Gasteiger partial charge on any atom is 0.234 e. The van der Waals surface area contributed by atoms with Crippen molar-refractivity contribution in [3.63, 3.8) is 0 Å². The topological polar surface area (TPSA) is 67.5 Å². The van der Waals surface area contributed by atoms with Crippen LogP contribution in [0.1, 0.15) is 21.5 Å². The van der Waals surface area contributed by atoms with Gasteiger partial charge >= 0.3 is 0 Å². The molecule has 0 aliphatic heterocycles. The van der Waals surface area contributed by atoms with E-state index >= 15 is 0 Å². The molecule has 5 heteroatoms. The molecule has 1 heterocycles. The van der Waals surface area contributed by atoms with Crippen LogP contribution in [0.4, 0.5) is 5.69 Å². The average molecular weight is 381 g/mol. The number of rotatable bonds is 4. The quantitative estimate of drug-likeness (QED) is 0.535. The molecule has 0 saturated heterocycles. The molecule has 0 radical (unpaired) electrons. The van der Waals surface area contributed by atoms with Crippen molar-refractivity contribution in [2.75, 3.05) is 0 Å². The van der Waals surface area contributed by atoms with Gasteiger partial charge in [-0.3, -0.25) is 9.36 Å². The molecule has 0 fully saturated rings. The van der Waals surface area contributed by atoms with Gasteiger partial charge in [-0.25, -0.2) is 9.98 Å². The van der Waals surface area contributed by atoms with E-state index in [9.17, 15) is 9.90 Å². The number of aromatic hydroxyl groups is 1. The Kier molecular flexibility index (Phi) is 5.03. The lowest BCUT2D eigenvalue weighted by atomic mass is 10.0. The van der Waals surface area contributed by atoms with Gasteiger partial charge in [-0.1, -0.05) is 48.0 Å². The molecule has 1 N–H and O–H groups in total. The minimum atomic E-state index is -0.297. The van der Waals surface area contributed by atoms with Crippen molar-refractivity contribution in [1.82, 2.24) is 9.55 Å². The highest BCUT2D eigenvalue weighted by molar-refractivity contribution is 6.10. The smallest absolute Gasteiger partial charge is 0.234 e. The number of aromatic nitrogens is 2. The van der Waals surface area contributed by atoms with Gasteiger partial charge in [-0.05, 0) is 43.3 Å². The van der Waals surface area contributed by atoms with E-state index in [0.29, 0.717) is 11.2 Å². The van der Waals surface area contributed by atoms with Crippen molar-refractivity contribution >= 4 is 11.5 Å². The number of para-hydroxylation sites is 2. The van der Waals surface area contributed by atoms with Crippen molar-refractivity contribution in [3.05, 3.63) is 114 Å². The van der Waals surface area contributed by atoms with Crippen molar-refractivity contribution in [3.8, 4) is 11.4 Å². The van der Waals surface area contributed by atoms with Gasteiger partial charge in [0.25, 0.3) is 0 Å². The van der Waals surface area contributed by atoms with Crippen LogP contribution in [-0.2, 0) is 0 Å². The minimum absolute atomic E-state index is 0.0510. The third-order valence-corrected chi connectivity index (χ3v) is 4.48. The maximum atomic E-state index is 13.0. The molecule has 5 nitrogen and oxygen atoms in total. The predicted octanol–water partition coefficient (Wildman–Crippen LogP) is 4.35. The Morgan fingerprint density at radius 1 is 0.966 bits per heavy atom. The average Bonchev–Trinajstić information content (AvgIpc) is 2.76. The summed E-state index contributed by atoms with van der Waals surface area (Å²) in [6.45, 7) is 1.88. The molecule has 0 saturated carbocycles. The first-order chi connectivity index (χ1) is 14.1. The lowest BCUT2D eigenvalue weighted by Crippen LogP contribution is -2.24. The fourth-order valence-electron chi connectivity index (χ4n) is 3.00. The van der Waals surface area contributed by atoms with E-state index in [1.54, 1.807) is 22.9 Å². The summed E-state index contributed by atoms with van der Waals surface area (Å²) in [5.74, 6) is -0.348. The zero-order valence-corrected chi connectivity index (χ0v) is 15.9. The predicted molar refractivity (Wildman–Crippen MR) is 112 cm³/mol. The van der Waals surface area contributed by atoms with Crippen LogP contribution in [-0.4, -0.2) is 20.4 Å². The Hall–Kier alpha value is -3.99. The zero-order chi connectivity index (χ0) is 20.2. The lowest BCUT2D eigenvalue weighted by Gasteiger charge is -2.10. The molecule has 1 aromatic heterocycles. The van der Waals surface area contributed by atoms with Crippen LogP contribution in [0.2, 0.25) is 0 Å². The van der Waals surface area contributed by atoms with Crippen LogP contribution >= 0.6 is 0 Å². The molecule has 4 rings (SSSR count). The summed E-state index contributed by atoms with van der Waals surface area (Å²) in [4.78, 5) is 22.1. The molecule has 0 bridgehead atoms. The first kappa shape index (κ1) is 18.4. The summed E-state index contributed by atoms with van der Waals surface area (Å²) in [5, 5.41) is 10.1. The molecular weight excluding hydrogens is 362 g/mol. The van der Waals surface area contributed by atoms with E-state index in [1.807, 2.05) is 67.6 Å². The monoisotopic (exact) mass is 381 g/mol. The number of carbonyl (C=O) groups is 1. The van der Waals surface area contributed by atoms with Gasteiger partial charge in [0.1, 0.15) is 5.75 Å². The fraction of sp³-hybridized carbons (Fsp3) is 0.0417. The van der Waals surface area contributed by atoms with Crippen molar-refractivity contribution in [2.45, 2.75) is 6.92 Å². The maximum absolute atomic E-state index is 13.0. The Morgan fingerprint density at radius 2 is 1.66 bits per heavy atom. The second-order valence-corrected chi connectivity index (χ2v) is 6.65. The number of carbonyl (C=O) groups excluding carboxylic acids is 1. The Bertz CT molecular complexity index is 1230. The molecule has 3 aromatic carbocycles. The second kappa shape index (κ2) is 7.94. The van der Waals surface area contributed by atoms with E-state index in [4.69, 9.17) is 0 Å². The van der Waals surface area contributed by atoms with E-state index in [-0.39, 0.29) is 17.1 Å². The highest BCUT2D eigenvalue weighted by Crippen LogP contribution is 2.21. The third-order valence-electron chi connectivity index (χ3n) is 4.48. The number of hydrogen-bond acceptors (Lipinski definition) is 4. The Morgan fingerprint density at radius 3 is 2.38 bits per heavy atom. The number of ketones is 1. The first-order valence-electron chi connectivity index (χ1n) is 9.20. The SMILES string of the molecule is Cc1ccc(O)c(C(=O)c2cnc(=Nc3ccccc3)n(-c3ccccc3)c2)c1. The van der Waals surface area contributed by atoms with E-state index in [0.717, 1.165) is 16.9 Å². The summed E-state index contributed by atoms with van der Waals surface area (Å²) in [7, 11) is 0. The largest absolute Gasteiger partial charge is 0.507 e. The summed E-state index contributed by atoms with van der Waals surface area (Å²) < 4.78 is 1.77. The molecule has 0 spiro atoms. The van der Waals surface area contributed by atoms with E-state index < -0.39 is 0 Å². The number of phenols is 1. The molecule has 142 valence electrons. The summed E-state index contributed by atoms with van der Waals surface area (Å²) >= 11 is 0. The second-order valence-electron chi connectivity index (χ2n) is 6.65. The Balaban J connectivity index is 1.87.